The molecule has 3 aromatic rings. The van der Waals surface area contributed by atoms with Crippen molar-refractivity contribution in [1.29, 1.82) is 0 Å². The lowest BCUT2D eigenvalue weighted by molar-refractivity contribution is -0.118. The third-order valence-electron chi connectivity index (χ3n) is 5.50. The van der Waals surface area contributed by atoms with Gasteiger partial charge in [0.25, 0.3) is 5.91 Å². The highest BCUT2D eigenvalue weighted by molar-refractivity contribution is 6.31. The summed E-state index contributed by atoms with van der Waals surface area (Å²) in [4.78, 5) is 27.6. The number of hydrogen-bond acceptors (Lipinski definition) is 3. The number of anilines is 3. The van der Waals surface area contributed by atoms with Crippen molar-refractivity contribution in [1.82, 2.24) is 5.32 Å². The Bertz CT molecular complexity index is 1110. The molecule has 3 aromatic carbocycles. The van der Waals surface area contributed by atoms with Crippen LogP contribution in [0.15, 0.2) is 72.8 Å². The normalized spacial score (nSPS) is 11.8. The predicted octanol–water partition coefficient (Wildman–Crippen LogP) is 5.52. The van der Waals surface area contributed by atoms with Crippen LogP contribution in [0.25, 0.3) is 0 Å². The highest BCUT2D eigenvalue weighted by atomic mass is 35.5. The van der Waals surface area contributed by atoms with Crippen molar-refractivity contribution in [2.45, 2.75) is 32.2 Å². The van der Waals surface area contributed by atoms with Crippen LogP contribution in [-0.4, -0.2) is 23.8 Å². The van der Waals surface area contributed by atoms with Crippen LogP contribution in [-0.2, 0) is 11.3 Å². The summed E-state index contributed by atoms with van der Waals surface area (Å²) in [6, 6.07) is 22.7. The molecule has 1 aliphatic heterocycles. The van der Waals surface area contributed by atoms with Crippen LogP contribution >= 0.6 is 24.0 Å². The number of amides is 2. The summed E-state index contributed by atoms with van der Waals surface area (Å²) in [5.41, 5.74) is 3.52. The van der Waals surface area contributed by atoms with E-state index >= 15 is 0 Å². The maximum atomic E-state index is 13.3. The van der Waals surface area contributed by atoms with Crippen molar-refractivity contribution >= 4 is 52.9 Å². The third-order valence-corrected chi connectivity index (χ3v) is 5.74. The minimum Gasteiger partial charge on any atom is -0.412 e. The molecule has 180 valence electrons. The lowest BCUT2D eigenvalue weighted by Gasteiger charge is -2.24. The summed E-state index contributed by atoms with van der Waals surface area (Å²) in [6.45, 7) is 1.76. The third kappa shape index (κ3) is 6.58. The lowest BCUT2D eigenvalue weighted by atomic mass is 10.1. The Hall–Kier alpha value is -2.90. The highest BCUT2D eigenvalue weighted by Gasteiger charge is 2.28. The Balaban J connectivity index is 0.00000204. The van der Waals surface area contributed by atoms with Gasteiger partial charge >= 0.3 is 0 Å². The average molecular weight is 502 g/mol. The SMILES string of the molecule is Cl.O.O=C1Nc2cc(Cl)ccc2N(C(=O)CCCCCNCc2ccccc2)c2ccccc21. The molecule has 0 aliphatic carbocycles. The first-order chi connectivity index (χ1) is 15.6. The topological polar surface area (TPSA) is 92.9 Å². The van der Waals surface area contributed by atoms with Crippen molar-refractivity contribution in [2.75, 3.05) is 16.8 Å². The van der Waals surface area contributed by atoms with E-state index in [-0.39, 0.29) is 29.7 Å². The van der Waals surface area contributed by atoms with Crippen LogP contribution in [0, 0.1) is 0 Å². The zero-order chi connectivity index (χ0) is 22.3. The van der Waals surface area contributed by atoms with Gasteiger partial charge in [0.2, 0.25) is 5.91 Å². The fraction of sp³-hybridized carbons (Fsp3) is 0.231. The summed E-state index contributed by atoms with van der Waals surface area (Å²) in [5, 5.41) is 6.83. The zero-order valence-corrected chi connectivity index (χ0v) is 20.3. The molecule has 0 saturated carbocycles. The van der Waals surface area contributed by atoms with Gasteiger partial charge in [-0.25, -0.2) is 0 Å². The van der Waals surface area contributed by atoms with Crippen LogP contribution in [0.3, 0.4) is 0 Å². The molecule has 34 heavy (non-hydrogen) atoms. The molecule has 0 fully saturated rings. The van der Waals surface area contributed by atoms with Crippen LogP contribution in [0.5, 0.6) is 0 Å². The van der Waals surface area contributed by atoms with E-state index in [1.54, 1.807) is 35.2 Å². The number of nitrogens with one attached hydrogen (secondary N) is 2. The summed E-state index contributed by atoms with van der Waals surface area (Å²) >= 11 is 6.14. The maximum absolute atomic E-state index is 13.3. The van der Waals surface area contributed by atoms with E-state index in [1.807, 2.05) is 30.3 Å². The minimum atomic E-state index is -0.246. The van der Waals surface area contributed by atoms with Crippen molar-refractivity contribution in [3.8, 4) is 0 Å². The first kappa shape index (κ1) is 27.3. The largest absolute Gasteiger partial charge is 0.412 e. The number of carbonyl (C=O) groups excluding carboxylic acids is 2. The maximum Gasteiger partial charge on any atom is 0.257 e. The van der Waals surface area contributed by atoms with Gasteiger partial charge in [-0.05, 0) is 55.3 Å². The van der Waals surface area contributed by atoms with Gasteiger partial charge in [-0.2, -0.15) is 0 Å². The average Bonchev–Trinajstić information content (AvgIpc) is 2.92. The molecule has 4 rings (SSSR count). The first-order valence-electron chi connectivity index (χ1n) is 10.9. The molecular weight excluding hydrogens is 473 g/mol. The zero-order valence-electron chi connectivity index (χ0n) is 18.7. The molecule has 0 unspecified atom stereocenters. The summed E-state index contributed by atoms with van der Waals surface area (Å²) < 4.78 is 0. The van der Waals surface area contributed by atoms with E-state index < -0.39 is 0 Å². The van der Waals surface area contributed by atoms with Crippen molar-refractivity contribution in [3.63, 3.8) is 0 Å². The van der Waals surface area contributed by atoms with E-state index in [0.29, 0.717) is 34.1 Å². The Morgan fingerprint density at radius 1 is 0.912 bits per heavy atom. The van der Waals surface area contributed by atoms with Gasteiger partial charge in [-0.15, -0.1) is 12.4 Å². The molecule has 0 saturated heterocycles. The van der Waals surface area contributed by atoms with Crippen LogP contribution in [0.1, 0.15) is 41.6 Å². The quantitative estimate of drug-likeness (QED) is 0.398. The molecular formula is C26H29Cl2N3O3. The Morgan fingerprint density at radius 3 is 2.44 bits per heavy atom. The van der Waals surface area contributed by atoms with Gasteiger partial charge in [0.15, 0.2) is 0 Å². The van der Waals surface area contributed by atoms with Crippen LogP contribution in [0.4, 0.5) is 17.1 Å². The molecule has 0 aromatic heterocycles. The number of halogens is 2. The van der Waals surface area contributed by atoms with E-state index in [9.17, 15) is 9.59 Å². The van der Waals surface area contributed by atoms with Crippen molar-refractivity contribution in [2.24, 2.45) is 0 Å². The lowest BCUT2D eigenvalue weighted by Crippen LogP contribution is -2.26. The number of benzene rings is 3. The van der Waals surface area contributed by atoms with E-state index in [2.05, 4.69) is 22.8 Å². The molecule has 1 heterocycles. The Morgan fingerprint density at radius 2 is 1.65 bits per heavy atom. The number of rotatable bonds is 8. The van der Waals surface area contributed by atoms with Crippen molar-refractivity contribution < 1.29 is 15.1 Å². The van der Waals surface area contributed by atoms with Gasteiger partial charge in [0, 0.05) is 18.0 Å². The number of carbonyl (C=O) groups is 2. The summed E-state index contributed by atoms with van der Waals surface area (Å²) in [6.07, 6.45) is 3.15. The number of hydrogen-bond donors (Lipinski definition) is 2. The second-order valence-electron chi connectivity index (χ2n) is 7.83. The molecule has 0 spiro atoms. The molecule has 6 nitrogen and oxygen atoms in total. The Kier molecular flexibility index (Phi) is 10.5. The Labute approximate surface area is 211 Å². The first-order valence-corrected chi connectivity index (χ1v) is 11.3. The standard InChI is InChI=1S/C26H26ClN3O2.ClH.H2O/c27-20-14-15-24-22(17-20)29-26(32)21-11-6-7-12-23(21)30(24)25(31)13-5-2-8-16-28-18-19-9-3-1-4-10-19;;/h1,3-4,6-7,9-12,14-15,17,28H,2,5,8,13,16,18H2,(H,29,32);1H;1H2. The summed E-state index contributed by atoms with van der Waals surface area (Å²) in [7, 11) is 0. The van der Waals surface area contributed by atoms with Crippen LogP contribution < -0.4 is 15.5 Å². The minimum absolute atomic E-state index is 0. The van der Waals surface area contributed by atoms with E-state index in [1.165, 1.54) is 5.56 Å². The molecule has 0 bridgehead atoms. The molecule has 4 N–H and O–H groups in total. The van der Waals surface area contributed by atoms with Crippen LogP contribution in [0.2, 0.25) is 5.02 Å². The van der Waals surface area contributed by atoms with Gasteiger partial charge in [-0.1, -0.05) is 60.5 Å². The molecule has 2 amide bonds. The predicted molar refractivity (Wildman–Crippen MR) is 140 cm³/mol. The van der Waals surface area contributed by atoms with Gasteiger partial charge in [-0.3, -0.25) is 14.5 Å². The van der Waals surface area contributed by atoms with E-state index in [0.717, 1.165) is 32.4 Å². The second-order valence-corrected chi connectivity index (χ2v) is 8.27. The fourth-order valence-corrected chi connectivity index (χ4v) is 4.07. The fourth-order valence-electron chi connectivity index (χ4n) is 3.90. The number of para-hydroxylation sites is 1. The van der Waals surface area contributed by atoms with Gasteiger partial charge in [0.05, 0.1) is 22.6 Å². The monoisotopic (exact) mass is 501 g/mol. The molecule has 1 aliphatic rings. The molecule has 0 radical (unpaired) electrons. The molecule has 0 atom stereocenters. The smallest absolute Gasteiger partial charge is 0.257 e. The van der Waals surface area contributed by atoms with Crippen molar-refractivity contribution in [3.05, 3.63) is 88.9 Å². The summed E-state index contributed by atoms with van der Waals surface area (Å²) in [5.74, 6) is -0.279. The van der Waals surface area contributed by atoms with Gasteiger partial charge < -0.3 is 16.1 Å². The number of unbranched alkanes of at least 4 members (excludes halogenated alkanes) is 2. The molecule has 8 heteroatoms. The number of nitrogens with zero attached hydrogens (tertiary/aromatic N) is 1. The van der Waals surface area contributed by atoms with E-state index in [4.69, 9.17) is 11.6 Å². The van der Waals surface area contributed by atoms with Gasteiger partial charge in [0.1, 0.15) is 0 Å². The number of fused-ring (bicyclic) bond motifs is 2. The second kappa shape index (κ2) is 13.1. The highest BCUT2D eigenvalue weighted by Crippen LogP contribution is 2.39.